The molecule has 6 heteroatoms. The molecule has 2 atom stereocenters. The highest BCUT2D eigenvalue weighted by molar-refractivity contribution is 6.00. The molecule has 34 heavy (non-hydrogen) atoms. The average Bonchev–Trinajstić information content (AvgIpc) is 3.34. The Morgan fingerprint density at radius 3 is 2.65 bits per heavy atom. The molecule has 2 bridgehead atoms. The van der Waals surface area contributed by atoms with Crippen LogP contribution in [0.5, 0.6) is 0 Å². The van der Waals surface area contributed by atoms with Crippen molar-refractivity contribution in [1.82, 2.24) is 15.2 Å². The molecule has 7 rings (SSSR count). The van der Waals surface area contributed by atoms with Crippen LogP contribution in [-0.2, 0) is 5.41 Å². The predicted octanol–water partition coefficient (Wildman–Crippen LogP) is 3.74. The maximum absolute atomic E-state index is 13.0. The van der Waals surface area contributed by atoms with E-state index in [4.69, 9.17) is 5.73 Å². The summed E-state index contributed by atoms with van der Waals surface area (Å²) >= 11 is 0. The number of likely N-dealkylation sites (tertiary alicyclic amines) is 1. The molecule has 0 radical (unpaired) electrons. The fraction of sp³-hybridized carbons (Fsp3) is 0.571. The maximum Gasteiger partial charge on any atom is 0.255 e. The number of pyridine rings is 1. The largest absolute Gasteiger partial charge is 0.396 e. The number of amides is 1. The van der Waals surface area contributed by atoms with Gasteiger partial charge < -0.3 is 16.2 Å². The highest BCUT2D eigenvalue weighted by Gasteiger charge is 2.68. The minimum atomic E-state index is -0.165. The second kappa shape index (κ2) is 7.53. The average molecular weight is 461 g/mol. The van der Waals surface area contributed by atoms with Crippen LogP contribution in [0.3, 0.4) is 0 Å². The van der Waals surface area contributed by atoms with Gasteiger partial charge >= 0.3 is 0 Å². The number of aliphatic hydroxyl groups excluding tert-OH is 1. The van der Waals surface area contributed by atoms with Crippen molar-refractivity contribution in [3.05, 3.63) is 47.7 Å². The topological polar surface area (TPSA) is 91.5 Å². The lowest BCUT2D eigenvalue weighted by molar-refractivity contribution is -0.172. The highest BCUT2D eigenvalue weighted by atomic mass is 16.3. The molecule has 0 spiro atoms. The third kappa shape index (κ3) is 3.22. The van der Waals surface area contributed by atoms with E-state index in [1.807, 2.05) is 6.07 Å². The molecule has 4 aliphatic carbocycles. The first-order valence-corrected chi connectivity index (χ1v) is 12.8. The van der Waals surface area contributed by atoms with Gasteiger partial charge in [0.1, 0.15) is 5.82 Å². The lowest BCUT2D eigenvalue weighted by atomic mass is 9.39. The zero-order valence-corrected chi connectivity index (χ0v) is 20.3. The number of aromatic nitrogens is 1. The van der Waals surface area contributed by atoms with Gasteiger partial charge in [-0.3, -0.25) is 9.69 Å². The molecule has 1 amide bonds. The van der Waals surface area contributed by atoms with Crippen LogP contribution in [-0.4, -0.2) is 52.2 Å². The van der Waals surface area contributed by atoms with E-state index in [0.29, 0.717) is 11.6 Å². The van der Waals surface area contributed by atoms with Gasteiger partial charge in [-0.25, -0.2) is 4.98 Å². The fourth-order valence-corrected chi connectivity index (χ4v) is 7.61. The molecule has 4 N–H and O–H groups in total. The van der Waals surface area contributed by atoms with Crippen LogP contribution in [0.2, 0.25) is 0 Å². The molecule has 4 saturated carbocycles. The summed E-state index contributed by atoms with van der Waals surface area (Å²) in [4.78, 5) is 20.0. The van der Waals surface area contributed by atoms with Gasteiger partial charge in [0, 0.05) is 53.9 Å². The fourth-order valence-electron chi connectivity index (χ4n) is 7.61. The normalized spacial score (nSPS) is 33.9. The molecule has 1 aliphatic heterocycles. The van der Waals surface area contributed by atoms with Crippen LogP contribution in [0.1, 0.15) is 68.3 Å². The van der Waals surface area contributed by atoms with Crippen LogP contribution in [0, 0.1) is 11.3 Å². The Labute approximate surface area is 201 Å². The zero-order valence-electron chi connectivity index (χ0n) is 20.3. The molecule has 1 aromatic heterocycles. The monoisotopic (exact) mass is 460 g/mol. The number of aliphatic hydroxyl groups is 1. The maximum atomic E-state index is 13.0. The lowest BCUT2D eigenvalue weighted by Gasteiger charge is -2.70. The second-order valence-electron chi connectivity index (χ2n) is 11.9. The molecule has 0 unspecified atom stereocenters. The Morgan fingerprint density at radius 1 is 1.24 bits per heavy atom. The predicted molar refractivity (Wildman–Crippen MR) is 133 cm³/mol. The second-order valence-corrected chi connectivity index (χ2v) is 11.9. The van der Waals surface area contributed by atoms with Gasteiger partial charge in [-0.2, -0.15) is 0 Å². The van der Waals surface area contributed by atoms with Gasteiger partial charge in [-0.15, -0.1) is 0 Å². The third-order valence-corrected chi connectivity index (χ3v) is 9.44. The minimum absolute atomic E-state index is 0.0456. The molecular weight excluding hydrogens is 424 g/mol. The number of nitrogens with zero attached hydrogens (tertiary/aromatic N) is 2. The van der Waals surface area contributed by atoms with Gasteiger partial charge in [-0.1, -0.05) is 30.7 Å². The molecular formula is C28H36N4O2. The van der Waals surface area contributed by atoms with E-state index >= 15 is 0 Å². The Kier molecular flexibility index (Phi) is 4.88. The summed E-state index contributed by atoms with van der Waals surface area (Å²) in [6.45, 7) is 7.18. The van der Waals surface area contributed by atoms with E-state index in [1.54, 1.807) is 6.20 Å². The first-order valence-electron chi connectivity index (χ1n) is 12.8. The van der Waals surface area contributed by atoms with E-state index in [-0.39, 0.29) is 34.7 Å². The summed E-state index contributed by atoms with van der Waals surface area (Å²) in [5.74, 6) is 0.840. The lowest BCUT2D eigenvalue weighted by Crippen LogP contribution is -2.75. The summed E-state index contributed by atoms with van der Waals surface area (Å²) in [6.07, 6.45) is 8.24. The Balaban J connectivity index is 1.22. The summed E-state index contributed by atoms with van der Waals surface area (Å²) in [7, 11) is 0. The molecule has 2 aromatic rings. The van der Waals surface area contributed by atoms with Crippen LogP contribution in [0.15, 0.2) is 36.5 Å². The molecule has 6 nitrogen and oxygen atoms in total. The summed E-state index contributed by atoms with van der Waals surface area (Å²) in [5, 5.41) is 12.6. The van der Waals surface area contributed by atoms with Gasteiger partial charge in [-0.05, 0) is 69.1 Å². The van der Waals surface area contributed by atoms with E-state index in [1.165, 1.54) is 31.4 Å². The molecule has 5 aliphatic rings. The Hall–Kier alpha value is -2.44. The number of fused-ring (bicyclic) bond motifs is 1. The number of nitrogens with one attached hydrogen (secondary N) is 1. The van der Waals surface area contributed by atoms with Gasteiger partial charge in [0.2, 0.25) is 0 Å². The van der Waals surface area contributed by atoms with Crippen molar-refractivity contribution in [2.24, 2.45) is 11.3 Å². The van der Waals surface area contributed by atoms with E-state index in [2.05, 4.69) is 53.3 Å². The molecule has 5 fully saturated rings. The van der Waals surface area contributed by atoms with E-state index in [0.717, 1.165) is 42.9 Å². The number of nitrogen functional groups attached to an aromatic ring is 1. The van der Waals surface area contributed by atoms with Crippen LogP contribution in [0.25, 0.3) is 11.1 Å². The number of carbonyl (C=O) groups is 1. The standard InChI is InChI=1S/C28H36N4O2/c1-18(2)32-12-22-4-3-9-28(22,16-32)21-7-5-19(6-8-21)20-10-23(24(29)30-11-20)25(34)31-27-13-26(14-27,15-27)17-33/h5-8,10-11,18,22,33H,3-4,9,12-17H2,1-2H3,(H2,29,30)(H,31,34)/t22-,26?,27?,28+/m1/s1. The van der Waals surface area contributed by atoms with Crippen molar-refractivity contribution >= 4 is 11.7 Å². The van der Waals surface area contributed by atoms with E-state index < -0.39 is 0 Å². The van der Waals surface area contributed by atoms with Crippen molar-refractivity contribution in [3.8, 4) is 11.1 Å². The SMILES string of the molecule is CC(C)N1C[C@H]2CCC[C@@]2(c2ccc(-c3cnc(N)c(C(=O)NC45CC(CO)(C4)C5)c3)cc2)C1. The summed E-state index contributed by atoms with van der Waals surface area (Å²) < 4.78 is 0. The summed E-state index contributed by atoms with van der Waals surface area (Å²) in [6, 6.07) is 11.4. The highest BCUT2D eigenvalue weighted by Crippen LogP contribution is 2.66. The number of anilines is 1. The Bertz CT molecular complexity index is 1110. The van der Waals surface area contributed by atoms with Gasteiger partial charge in [0.15, 0.2) is 0 Å². The first kappa shape index (κ1) is 22.1. The van der Waals surface area contributed by atoms with Crippen LogP contribution < -0.4 is 11.1 Å². The number of nitrogens with two attached hydrogens (primary N) is 1. The zero-order chi connectivity index (χ0) is 23.7. The number of hydrogen-bond acceptors (Lipinski definition) is 5. The third-order valence-electron chi connectivity index (χ3n) is 9.44. The van der Waals surface area contributed by atoms with Gasteiger partial charge in [0.05, 0.1) is 5.56 Å². The number of rotatable bonds is 6. The van der Waals surface area contributed by atoms with Crippen molar-refractivity contribution < 1.29 is 9.90 Å². The van der Waals surface area contributed by atoms with E-state index in [9.17, 15) is 9.90 Å². The number of carbonyl (C=O) groups excluding carboxylic acids is 1. The Morgan fingerprint density at radius 2 is 1.97 bits per heavy atom. The van der Waals surface area contributed by atoms with Crippen molar-refractivity contribution in [2.45, 2.75) is 69.4 Å². The summed E-state index contributed by atoms with van der Waals surface area (Å²) in [5.41, 5.74) is 10.1. The first-order chi connectivity index (χ1) is 16.3. The van der Waals surface area contributed by atoms with Crippen molar-refractivity contribution in [1.29, 1.82) is 0 Å². The minimum Gasteiger partial charge on any atom is -0.396 e. The van der Waals surface area contributed by atoms with Gasteiger partial charge in [0.25, 0.3) is 5.91 Å². The van der Waals surface area contributed by atoms with Crippen molar-refractivity contribution in [2.75, 3.05) is 25.4 Å². The molecule has 1 saturated heterocycles. The quantitative estimate of drug-likeness (QED) is 0.611. The molecule has 180 valence electrons. The molecule has 1 aromatic carbocycles. The number of hydrogen-bond donors (Lipinski definition) is 3. The number of benzene rings is 1. The van der Waals surface area contributed by atoms with Crippen molar-refractivity contribution in [3.63, 3.8) is 0 Å². The van der Waals surface area contributed by atoms with Crippen LogP contribution in [0.4, 0.5) is 5.82 Å². The smallest absolute Gasteiger partial charge is 0.255 e. The van der Waals surface area contributed by atoms with Crippen LogP contribution >= 0.6 is 0 Å². The molecule has 2 heterocycles.